The molecule has 1 N–H and O–H groups in total. The molecule has 0 radical (unpaired) electrons. The summed E-state index contributed by atoms with van der Waals surface area (Å²) in [5, 5.41) is 9.66. The van der Waals surface area contributed by atoms with Crippen molar-refractivity contribution in [3.05, 3.63) is 0 Å². The van der Waals surface area contributed by atoms with Gasteiger partial charge in [0.05, 0.1) is 23.7 Å². The van der Waals surface area contributed by atoms with Crippen LogP contribution in [0.1, 0.15) is 19.3 Å². The molecule has 2 aliphatic rings. The molecular weight excluding hydrogens is 238 g/mol. The maximum absolute atomic E-state index is 11.3. The highest BCUT2D eigenvalue weighted by Crippen LogP contribution is 2.21. The number of halogens is 1. The van der Waals surface area contributed by atoms with E-state index >= 15 is 0 Å². The van der Waals surface area contributed by atoms with Gasteiger partial charge in [0, 0.05) is 0 Å². The molecule has 0 aromatic rings. The van der Waals surface area contributed by atoms with E-state index in [1.54, 1.807) is 0 Å². The van der Waals surface area contributed by atoms with Crippen molar-refractivity contribution in [3.8, 4) is 0 Å². The zero-order valence-electron chi connectivity index (χ0n) is 8.60. The molecule has 2 heterocycles. The minimum Gasteiger partial charge on any atom is -1.00 e. The lowest BCUT2D eigenvalue weighted by atomic mass is 10.1. The first-order valence-electron chi connectivity index (χ1n) is 5.21. The molecule has 0 bridgehead atoms. The van der Waals surface area contributed by atoms with Gasteiger partial charge in [0.15, 0.2) is 9.84 Å². The standard InChI is InChI=1S/C9H17NO3S.ClH/c11-9-7-14(12,13)6-8(9)10-4-2-1-3-5-10;/h8-9,11H,1-7H2;1H/p-1. The van der Waals surface area contributed by atoms with Crippen LogP contribution >= 0.6 is 0 Å². The molecule has 0 aromatic heterocycles. The van der Waals surface area contributed by atoms with Gasteiger partial charge in [0.25, 0.3) is 0 Å². The van der Waals surface area contributed by atoms with Gasteiger partial charge in [-0.25, -0.2) is 8.42 Å². The van der Waals surface area contributed by atoms with Gasteiger partial charge in [0.1, 0.15) is 0 Å². The Labute approximate surface area is 97.0 Å². The number of aliphatic hydroxyl groups excluding tert-OH is 1. The van der Waals surface area contributed by atoms with Crippen LogP contribution in [0.25, 0.3) is 0 Å². The number of piperidine rings is 1. The molecule has 2 fully saturated rings. The molecule has 6 heteroatoms. The fraction of sp³-hybridized carbons (Fsp3) is 1.00. The third kappa shape index (κ3) is 3.06. The first kappa shape index (κ1) is 13.2. The van der Waals surface area contributed by atoms with Crippen LogP contribution in [0.5, 0.6) is 0 Å². The Morgan fingerprint density at radius 2 is 1.67 bits per heavy atom. The van der Waals surface area contributed by atoms with Gasteiger partial charge in [-0.05, 0) is 25.9 Å². The largest absolute Gasteiger partial charge is 1.00 e. The summed E-state index contributed by atoms with van der Waals surface area (Å²) in [6.07, 6.45) is 2.82. The summed E-state index contributed by atoms with van der Waals surface area (Å²) in [4.78, 5) is 2.14. The molecule has 2 unspecified atom stereocenters. The molecule has 0 aromatic carbocycles. The summed E-state index contributed by atoms with van der Waals surface area (Å²) in [6, 6.07) is -0.139. The Bertz CT molecular complexity index is 300. The van der Waals surface area contributed by atoms with Crippen molar-refractivity contribution in [1.29, 1.82) is 0 Å². The second-order valence-electron chi connectivity index (χ2n) is 4.31. The van der Waals surface area contributed by atoms with E-state index in [-0.39, 0.29) is 30.0 Å². The van der Waals surface area contributed by atoms with Gasteiger partial charge in [-0.3, -0.25) is 4.90 Å². The van der Waals surface area contributed by atoms with E-state index < -0.39 is 15.9 Å². The number of sulfone groups is 1. The molecule has 0 amide bonds. The summed E-state index contributed by atoms with van der Waals surface area (Å²) in [5.74, 6) is 0.0995. The van der Waals surface area contributed by atoms with E-state index in [1.165, 1.54) is 6.42 Å². The van der Waals surface area contributed by atoms with Crippen molar-refractivity contribution in [1.82, 2.24) is 4.90 Å². The highest BCUT2D eigenvalue weighted by molar-refractivity contribution is 7.91. The van der Waals surface area contributed by atoms with Crippen LogP contribution in [0.15, 0.2) is 0 Å². The van der Waals surface area contributed by atoms with Crippen LogP contribution in [-0.2, 0) is 9.84 Å². The Kier molecular flexibility index (Phi) is 4.40. The topological polar surface area (TPSA) is 57.6 Å². The lowest BCUT2D eigenvalue weighted by Gasteiger charge is -2.33. The van der Waals surface area contributed by atoms with Crippen LogP contribution in [-0.4, -0.2) is 55.2 Å². The predicted molar refractivity (Wildman–Crippen MR) is 53.9 cm³/mol. The molecule has 0 spiro atoms. The summed E-state index contributed by atoms with van der Waals surface area (Å²) in [5.41, 5.74) is 0. The number of hydrogen-bond acceptors (Lipinski definition) is 4. The highest BCUT2D eigenvalue weighted by atomic mass is 35.5. The Morgan fingerprint density at radius 3 is 2.13 bits per heavy atom. The molecule has 2 atom stereocenters. The zero-order chi connectivity index (χ0) is 10.2. The van der Waals surface area contributed by atoms with E-state index in [9.17, 15) is 13.5 Å². The molecule has 4 nitrogen and oxygen atoms in total. The maximum Gasteiger partial charge on any atom is 0.154 e. The van der Waals surface area contributed by atoms with Crippen molar-refractivity contribution in [2.45, 2.75) is 31.4 Å². The third-order valence-corrected chi connectivity index (χ3v) is 4.85. The van der Waals surface area contributed by atoms with Gasteiger partial charge in [-0.1, -0.05) is 6.42 Å². The quantitative estimate of drug-likeness (QED) is 0.531. The summed E-state index contributed by atoms with van der Waals surface area (Å²) >= 11 is 0. The van der Waals surface area contributed by atoms with Crippen molar-refractivity contribution in [3.63, 3.8) is 0 Å². The monoisotopic (exact) mass is 254 g/mol. The SMILES string of the molecule is O=S1(=O)CC(O)C(N2CCCCC2)C1.[Cl-]. The average molecular weight is 255 g/mol. The van der Waals surface area contributed by atoms with Gasteiger partial charge in [-0.15, -0.1) is 0 Å². The van der Waals surface area contributed by atoms with E-state index in [2.05, 4.69) is 4.90 Å². The Morgan fingerprint density at radius 1 is 1.07 bits per heavy atom. The maximum atomic E-state index is 11.3. The van der Waals surface area contributed by atoms with Crippen LogP contribution in [0.2, 0.25) is 0 Å². The van der Waals surface area contributed by atoms with E-state index in [1.807, 2.05) is 0 Å². The lowest BCUT2D eigenvalue weighted by molar-refractivity contribution is -0.00000782. The zero-order valence-corrected chi connectivity index (χ0v) is 10.2. The smallest absolute Gasteiger partial charge is 0.154 e. The first-order chi connectivity index (χ1) is 6.58. The fourth-order valence-corrected chi connectivity index (χ4v) is 4.24. The van der Waals surface area contributed by atoms with Crippen LogP contribution in [0.3, 0.4) is 0 Å². The molecule has 2 saturated heterocycles. The molecule has 15 heavy (non-hydrogen) atoms. The number of aliphatic hydroxyl groups is 1. The minimum atomic E-state index is -2.99. The Balaban J connectivity index is 0.00000112. The predicted octanol–water partition coefficient (Wildman–Crippen LogP) is -3.37. The van der Waals surface area contributed by atoms with Crippen LogP contribution in [0, 0.1) is 0 Å². The third-order valence-electron chi connectivity index (χ3n) is 3.15. The second kappa shape index (κ2) is 4.99. The second-order valence-corrected chi connectivity index (χ2v) is 6.46. The number of hydrogen-bond donors (Lipinski definition) is 1. The van der Waals surface area contributed by atoms with Gasteiger partial charge in [0.2, 0.25) is 0 Å². The van der Waals surface area contributed by atoms with Crippen molar-refractivity contribution in [2.75, 3.05) is 24.6 Å². The summed E-state index contributed by atoms with van der Waals surface area (Å²) in [6.45, 7) is 1.88. The van der Waals surface area contributed by atoms with Crippen LogP contribution < -0.4 is 12.4 Å². The Hall–Kier alpha value is 0.160. The van der Waals surface area contributed by atoms with Gasteiger partial charge < -0.3 is 17.5 Å². The molecule has 2 rings (SSSR count). The number of rotatable bonds is 1. The number of likely N-dealkylation sites (tertiary alicyclic amines) is 1. The fourth-order valence-electron chi connectivity index (χ4n) is 2.41. The molecule has 90 valence electrons. The number of nitrogens with zero attached hydrogens (tertiary/aromatic N) is 1. The van der Waals surface area contributed by atoms with Crippen LogP contribution in [0.4, 0.5) is 0 Å². The van der Waals surface area contributed by atoms with Gasteiger partial charge in [-0.2, -0.15) is 0 Å². The molecule has 0 aliphatic carbocycles. The molecule has 2 aliphatic heterocycles. The summed E-state index contributed by atoms with van der Waals surface area (Å²) in [7, 11) is -2.99. The average Bonchev–Trinajstić information content (AvgIpc) is 2.41. The van der Waals surface area contributed by atoms with Crippen molar-refractivity contribution < 1.29 is 25.9 Å². The van der Waals surface area contributed by atoms with E-state index in [0.717, 1.165) is 25.9 Å². The van der Waals surface area contributed by atoms with E-state index in [0.29, 0.717) is 0 Å². The molecule has 0 saturated carbocycles. The molecular formula is C9H17ClNO3S-. The van der Waals surface area contributed by atoms with Gasteiger partial charge >= 0.3 is 0 Å². The highest BCUT2D eigenvalue weighted by Gasteiger charge is 2.39. The van der Waals surface area contributed by atoms with Crippen molar-refractivity contribution in [2.24, 2.45) is 0 Å². The lowest BCUT2D eigenvalue weighted by Crippen LogP contribution is -3.00. The minimum absolute atomic E-state index is 0. The normalized spacial score (nSPS) is 36.1. The van der Waals surface area contributed by atoms with E-state index in [4.69, 9.17) is 0 Å². The summed E-state index contributed by atoms with van der Waals surface area (Å²) < 4.78 is 22.6. The first-order valence-corrected chi connectivity index (χ1v) is 7.03. The van der Waals surface area contributed by atoms with Crippen molar-refractivity contribution >= 4 is 9.84 Å².